The Balaban J connectivity index is 1.44. The molecule has 33 heavy (non-hydrogen) atoms. The highest BCUT2D eigenvalue weighted by molar-refractivity contribution is 6.34. The van der Waals surface area contributed by atoms with Crippen molar-refractivity contribution in [3.8, 4) is 0 Å². The molecule has 5 nitrogen and oxygen atoms in total. The van der Waals surface area contributed by atoms with Crippen LogP contribution in [0.3, 0.4) is 0 Å². The van der Waals surface area contributed by atoms with Crippen LogP contribution in [0.5, 0.6) is 0 Å². The molecule has 0 spiro atoms. The molecule has 0 atom stereocenters. The number of fused-ring (bicyclic) bond motifs is 1. The van der Waals surface area contributed by atoms with Crippen molar-refractivity contribution in [3.63, 3.8) is 0 Å². The number of carbonyl (C=O) groups excluding carboxylic acids is 2. The number of para-hydroxylation sites is 2. The average Bonchev–Trinajstić information content (AvgIpc) is 3.02. The monoisotopic (exact) mass is 469 g/mol. The van der Waals surface area contributed by atoms with Crippen molar-refractivity contribution in [2.45, 2.75) is 25.8 Å². The van der Waals surface area contributed by atoms with Gasteiger partial charge in [0, 0.05) is 18.8 Å². The van der Waals surface area contributed by atoms with Crippen LogP contribution in [0.1, 0.15) is 34.3 Å². The van der Waals surface area contributed by atoms with Crippen molar-refractivity contribution >= 4 is 34.9 Å². The third-order valence-corrected chi connectivity index (χ3v) is 5.84. The van der Waals surface area contributed by atoms with Gasteiger partial charge in [0.1, 0.15) is 17.3 Å². The van der Waals surface area contributed by atoms with Gasteiger partial charge in [0.15, 0.2) is 0 Å². The number of nitrogens with one attached hydrogen (secondary N) is 2. The lowest BCUT2D eigenvalue weighted by Gasteiger charge is -2.23. The van der Waals surface area contributed by atoms with Gasteiger partial charge < -0.3 is 15.5 Å². The Morgan fingerprint density at radius 1 is 0.970 bits per heavy atom. The molecule has 170 valence electrons. The van der Waals surface area contributed by atoms with Gasteiger partial charge in [0.2, 0.25) is 0 Å². The molecule has 0 radical (unpaired) electrons. The Hall–Kier alpha value is -3.45. The quantitative estimate of drug-likeness (QED) is 0.498. The Labute approximate surface area is 195 Å². The summed E-state index contributed by atoms with van der Waals surface area (Å²) >= 11 is 6.42. The Morgan fingerprint density at radius 2 is 1.73 bits per heavy atom. The molecule has 0 unspecified atom stereocenters. The lowest BCUT2D eigenvalue weighted by Crippen LogP contribution is -2.32. The topological polar surface area (TPSA) is 61.4 Å². The van der Waals surface area contributed by atoms with E-state index in [-0.39, 0.29) is 17.5 Å². The third kappa shape index (κ3) is 5.14. The maximum Gasteiger partial charge on any atom is 0.319 e. The fourth-order valence-electron chi connectivity index (χ4n) is 3.85. The summed E-state index contributed by atoms with van der Waals surface area (Å²) in [6, 6.07) is 15.3. The number of hydrogen-bond donors (Lipinski definition) is 2. The lowest BCUT2D eigenvalue weighted by molar-refractivity contribution is 0.0987. The van der Waals surface area contributed by atoms with Crippen LogP contribution in [-0.4, -0.2) is 18.5 Å². The van der Waals surface area contributed by atoms with E-state index >= 15 is 0 Å². The predicted molar refractivity (Wildman–Crippen MR) is 125 cm³/mol. The molecule has 0 aliphatic carbocycles. The molecule has 4 rings (SSSR count). The first-order chi connectivity index (χ1) is 15.9. The number of hydrogen-bond acceptors (Lipinski definition) is 2. The van der Waals surface area contributed by atoms with E-state index in [1.54, 1.807) is 23.1 Å². The highest BCUT2D eigenvalue weighted by Gasteiger charge is 2.24. The summed E-state index contributed by atoms with van der Waals surface area (Å²) in [5.74, 6) is -1.92. The minimum Gasteiger partial charge on any atom is -0.334 e. The normalized spacial score (nSPS) is 13.1. The number of aryl methyl sites for hydroxylation is 1. The number of halogens is 3. The van der Waals surface area contributed by atoms with Gasteiger partial charge in [-0.15, -0.1) is 0 Å². The van der Waals surface area contributed by atoms with Gasteiger partial charge in [-0.2, -0.15) is 0 Å². The molecule has 0 aromatic heterocycles. The number of amides is 3. The molecule has 0 fully saturated rings. The molecular formula is C25H22ClF2N3O2. The largest absolute Gasteiger partial charge is 0.334 e. The molecule has 0 bridgehead atoms. The third-order valence-electron chi connectivity index (χ3n) is 5.52. The second kappa shape index (κ2) is 10.0. The van der Waals surface area contributed by atoms with Gasteiger partial charge in [-0.3, -0.25) is 4.79 Å². The SMILES string of the molecule is O=C(NCc1ccc(C(=O)N2CCCCc3ccccc32)c(Cl)c1)Nc1c(F)cccc1F. The van der Waals surface area contributed by atoms with Crippen LogP contribution in [0.25, 0.3) is 0 Å². The van der Waals surface area contributed by atoms with E-state index in [0.717, 1.165) is 42.6 Å². The van der Waals surface area contributed by atoms with E-state index in [2.05, 4.69) is 10.6 Å². The van der Waals surface area contributed by atoms with Crippen LogP contribution < -0.4 is 15.5 Å². The number of rotatable bonds is 4. The molecule has 3 aromatic rings. The molecule has 2 N–H and O–H groups in total. The van der Waals surface area contributed by atoms with Crippen LogP contribution in [0.4, 0.5) is 25.0 Å². The molecule has 1 aliphatic rings. The van der Waals surface area contributed by atoms with Crippen molar-refractivity contribution in [3.05, 3.63) is 94.0 Å². The zero-order valence-corrected chi connectivity index (χ0v) is 18.5. The van der Waals surface area contributed by atoms with Crippen LogP contribution in [0.2, 0.25) is 5.02 Å². The minimum atomic E-state index is -0.869. The molecule has 3 aromatic carbocycles. The summed E-state index contributed by atoms with van der Waals surface area (Å²) in [5.41, 5.74) is 2.52. The zero-order valence-electron chi connectivity index (χ0n) is 17.7. The van der Waals surface area contributed by atoms with Crippen molar-refractivity contribution in [1.82, 2.24) is 5.32 Å². The van der Waals surface area contributed by atoms with Crippen LogP contribution in [0, 0.1) is 11.6 Å². The molecular weight excluding hydrogens is 448 g/mol. The standard InChI is InChI=1S/C25H22ClF2N3O2/c26-19-14-16(15-29-25(33)30-23-20(27)8-5-9-21(23)28)11-12-18(19)24(32)31-13-4-3-7-17-6-1-2-10-22(17)31/h1-2,5-6,8-12,14H,3-4,7,13,15H2,(H2,29,30,33). The second-order valence-electron chi connectivity index (χ2n) is 7.76. The number of nitrogens with zero attached hydrogens (tertiary/aromatic N) is 1. The minimum absolute atomic E-state index is 0.0582. The van der Waals surface area contributed by atoms with Gasteiger partial charge in [-0.25, -0.2) is 13.6 Å². The Morgan fingerprint density at radius 3 is 2.48 bits per heavy atom. The van der Waals surface area contributed by atoms with Gasteiger partial charge >= 0.3 is 6.03 Å². The van der Waals surface area contributed by atoms with Crippen LogP contribution in [0.15, 0.2) is 60.7 Å². The van der Waals surface area contributed by atoms with Crippen molar-refractivity contribution in [2.24, 2.45) is 0 Å². The van der Waals surface area contributed by atoms with E-state index in [1.807, 2.05) is 24.3 Å². The summed E-state index contributed by atoms with van der Waals surface area (Å²) in [6.45, 7) is 0.672. The molecule has 1 heterocycles. The maximum atomic E-state index is 13.7. The van der Waals surface area contributed by atoms with Crippen LogP contribution >= 0.6 is 11.6 Å². The number of carbonyl (C=O) groups is 2. The van der Waals surface area contributed by atoms with Crippen molar-refractivity contribution in [1.29, 1.82) is 0 Å². The fraction of sp³-hybridized carbons (Fsp3) is 0.200. The zero-order chi connectivity index (χ0) is 23.4. The first-order valence-corrected chi connectivity index (χ1v) is 11.0. The smallest absolute Gasteiger partial charge is 0.319 e. The summed E-state index contributed by atoms with van der Waals surface area (Å²) in [6.07, 6.45) is 2.84. The van der Waals surface area contributed by atoms with Gasteiger partial charge in [0.25, 0.3) is 5.91 Å². The van der Waals surface area contributed by atoms with Crippen molar-refractivity contribution in [2.75, 3.05) is 16.8 Å². The van der Waals surface area contributed by atoms with Gasteiger partial charge in [-0.05, 0) is 60.7 Å². The molecule has 3 amide bonds. The number of urea groups is 1. The molecule has 0 saturated heterocycles. The first kappa shape index (κ1) is 22.7. The van der Waals surface area contributed by atoms with Crippen molar-refractivity contribution < 1.29 is 18.4 Å². The number of anilines is 2. The van der Waals surface area contributed by atoms with Gasteiger partial charge in [-0.1, -0.05) is 41.9 Å². The summed E-state index contributed by atoms with van der Waals surface area (Å²) < 4.78 is 27.4. The highest BCUT2D eigenvalue weighted by Crippen LogP contribution is 2.29. The summed E-state index contributed by atoms with van der Waals surface area (Å²) in [4.78, 5) is 27.1. The van der Waals surface area contributed by atoms with E-state index in [9.17, 15) is 18.4 Å². The lowest BCUT2D eigenvalue weighted by atomic mass is 10.1. The predicted octanol–water partition coefficient (Wildman–Crippen LogP) is 5.92. The van der Waals surface area contributed by atoms with E-state index in [4.69, 9.17) is 11.6 Å². The molecule has 0 saturated carbocycles. The fourth-order valence-corrected chi connectivity index (χ4v) is 4.13. The number of benzene rings is 3. The molecule has 1 aliphatic heterocycles. The average molecular weight is 470 g/mol. The maximum absolute atomic E-state index is 13.7. The van der Waals surface area contributed by atoms with Crippen LogP contribution in [-0.2, 0) is 13.0 Å². The van der Waals surface area contributed by atoms with E-state index < -0.39 is 23.4 Å². The highest BCUT2D eigenvalue weighted by atomic mass is 35.5. The Bertz CT molecular complexity index is 1180. The Kier molecular flexibility index (Phi) is 6.89. The summed E-state index contributed by atoms with van der Waals surface area (Å²) in [5, 5.41) is 4.95. The van der Waals surface area contributed by atoms with E-state index in [0.29, 0.717) is 17.7 Å². The second-order valence-corrected chi connectivity index (χ2v) is 8.17. The molecule has 8 heteroatoms. The van der Waals surface area contributed by atoms with Gasteiger partial charge in [0.05, 0.1) is 10.6 Å². The van der Waals surface area contributed by atoms with E-state index in [1.165, 1.54) is 6.07 Å². The summed E-state index contributed by atoms with van der Waals surface area (Å²) in [7, 11) is 0. The first-order valence-electron chi connectivity index (χ1n) is 10.6.